The molecule has 19 heavy (non-hydrogen) atoms. The molecule has 0 saturated heterocycles. The lowest BCUT2D eigenvalue weighted by atomic mass is 9.87. The molecule has 0 aliphatic rings. The summed E-state index contributed by atoms with van der Waals surface area (Å²) in [7, 11) is 0. The highest BCUT2D eigenvalue weighted by Crippen LogP contribution is 2.22. The molecule has 1 heterocycles. The van der Waals surface area contributed by atoms with Crippen molar-refractivity contribution in [2.75, 3.05) is 0 Å². The Kier molecular flexibility index (Phi) is 3.42. The standard InChI is InChI=1S/C15H18N2O2/c1-15(2,3)12-6-4-11(5-7-12)10-17-9-8-13(16-17)14(18)19/h4-9H,10H2,1-3H3,(H,18,19). The van der Waals surface area contributed by atoms with E-state index >= 15 is 0 Å². The second-order valence-corrected chi connectivity index (χ2v) is 5.65. The molecular weight excluding hydrogens is 240 g/mol. The molecule has 0 spiro atoms. The van der Waals surface area contributed by atoms with Gasteiger partial charge in [-0.05, 0) is 22.6 Å². The van der Waals surface area contributed by atoms with Crippen LogP contribution in [0.1, 0.15) is 42.4 Å². The van der Waals surface area contributed by atoms with Crippen LogP contribution in [0.2, 0.25) is 0 Å². The fourth-order valence-corrected chi connectivity index (χ4v) is 1.86. The first kappa shape index (κ1) is 13.3. The number of rotatable bonds is 3. The summed E-state index contributed by atoms with van der Waals surface area (Å²) in [5, 5.41) is 12.8. The minimum atomic E-state index is -0.998. The molecule has 0 bridgehead atoms. The molecule has 1 aromatic heterocycles. The Labute approximate surface area is 112 Å². The van der Waals surface area contributed by atoms with Gasteiger partial charge < -0.3 is 5.11 Å². The zero-order chi connectivity index (χ0) is 14.0. The number of carboxylic acids is 1. The molecule has 0 fully saturated rings. The van der Waals surface area contributed by atoms with Crippen molar-refractivity contribution in [1.82, 2.24) is 9.78 Å². The van der Waals surface area contributed by atoms with Crippen LogP contribution in [0.5, 0.6) is 0 Å². The van der Waals surface area contributed by atoms with Gasteiger partial charge in [0, 0.05) is 6.20 Å². The van der Waals surface area contributed by atoms with Crippen LogP contribution in [-0.2, 0) is 12.0 Å². The third-order valence-electron chi connectivity index (χ3n) is 3.02. The SMILES string of the molecule is CC(C)(C)c1ccc(Cn2ccc(C(=O)O)n2)cc1. The van der Waals surface area contributed by atoms with E-state index in [4.69, 9.17) is 5.11 Å². The Morgan fingerprint density at radius 3 is 2.32 bits per heavy atom. The van der Waals surface area contributed by atoms with Crippen molar-refractivity contribution in [1.29, 1.82) is 0 Å². The average Bonchev–Trinajstić information content (AvgIpc) is 2.77. The summed E-state index contributed by atoms with van der Waals surface area (Å²) in [6.07, 6.45) is 1.68. The van der Waals surface area contributed by atoms with Crippen molar-refractivity contribution in [2.24, 2.45) is 0 Å². The lowest BCUT2D eigenvalue weighted by Crippen LogP contribution is -2.11. The molecule has 0 aliphatic heterocycles. The van der Waals surface area contributed by atoms with Gasteiger partial charge in [0.2, 0.25) is 0 Å². The van der Waals surface area contributed by atoms with E-state index in [1.54, 1.807) is 10.9 Å². The van der Waals surface area contributed by atoms with Crippen LogP contribution >= 0.6 is 0 Å². The average molecular weight is 258 g/mol. The summed E-state index contributed by atoms with van der Waals surface area (Å²) < 4.78 is 1.63. The van der Waals surface area contributed by atoms with Gasteiger partial charge in [-0.2, -0.15) is 5.10 Å². The number of aromatic carboxylic acids is 1. The third-order valence-corrected chi connectivity index (χ3v) is 3.02. The van der Waals surface area contributed by atoms with Gasteiger partial charge in [0.15, 0.2) is 5.69 Å². The maximum atomic E-state index is 10.7. The van der Waals surface area contributed by atoms with Gasteiger partial charge in [0.25, 0.3) is 0 Å². The Morgan fingerprint density at radius 1 is 1.21 bits per heavy atom. The first-order valence-electron chi connectivity index (χ1n) is 6.22. The quantitative estimate of drug-likeness (QED) is 0.921. The predicted molar refractivity (Wildman–Crippen MR) is 73.4 cm³/mol. The molecule has 2 rings (SSSR count). The van der Waals surface area contributed by atoms with E-state index in [2.05, 4.69) is 50.1 Å². The van der Waals surface area contributed by atoms with Crippen molar-refractivity contribution in [3.8, 4) is 0 Å². The number of carboxylic acid groups (broad SMARTS) is 1. The molecular formula is C15H18N2O2. The van der Waals surface area contributed by atoms with E-state index in [1.807, 2.05) is 0 Å². The molecule has 0 saturated carbocycles. The van der Waals surface area contributed by atoms with Crippen molar-refractivity contribution in [3.63, 3.8) is 0 Å². The molecule has 1 N–H and O–H groups in total. The summed E-state index contributed by atoms with van der Waals surface area (Å²) in [4.78, 5) is 10.7. The fourth-order valence-electron chi connectivity index (χ4n) is 1.86. The molecule has 0 amide bonds. The molecule has 0 atom stereocenters. The number of hydrogen-bond donors (Lipinski definition) is 1. The van der Waals surface area contributed by atoms with Crippen LogP contribution in [0.25, 0.3) is 0 Å². The maximum Gasteiger partial charge on any atom is 0.356 e. The Hall–Kier alpha value is -2.10. The van der Waals surface area contributed by atoms with Crippen LogP contribution in [0.4, 0.5) is 0 Å². The third kappa shape index (κ3) is 3.22. The topological polar surface area (TPSA) is 55.1 Å². The fraction of sp³-hybridized carbons (Fsp3) is 0.333. The van der Waals surface area contributed by atoms with Crippen LogP contribution in [0.3, 0.4) is 0 Å². The van der Waals surface area contributed by atoms with Crippen LogP contribution in [0, 0.1) is 0 Å². The molecule has 4 heteroatoms. The van der Waals surface area contributed by atoms with Crippen molar-refractivity contribution >= 4 is 5.97 Å². The molecule has 100 valence electrons. The van der Waals surface area contributed by atoms with Gasteiger partial charge in [-0.25, -0.2) is 4.79 Å². The summed E-state index contributed by atoms with van der Waals surface area (Å²) >= 11 is 0. The molecule has 0 unspecified atom stereocenters. The smallest absolute Gasteiger partial charge is 0.356 e. The van der Waals surface area contributed by atoms with E-state index in [0.29, 0.717) is 6.54 Å². The van der Waals surface area contributed by atoms with E-state index < -0.39 is 5.97 Å². The van der Waals surface area contributed by atoms with Crippen molar-refractivity contribution in [3.05, 3.63) is 53.3 Å². The van der Waals surface area contributed by atoms with Gasteiger partial charge in [0.1, 0.15) is 0 Å². The first-order valence-corrected chi connectivity index (χ1v) is 6.22. The first-order chi connectivity index (χ1) is 8.86. The highest BCUT2D eigenvalue weighted by molar-refractivity contribution is 5.85. The van der Waals surface area contributed by atoms with E-state index in [1.165, 1.54) is 11.6 Å². The minimum Gasteiger partial charge on any atom is -0.476 e. The summed E-state index contributed by atoms with van der Waals surface area (Å²) in [5.41, 5.74) is 2.60. The number of benzene rings is 1. The number of carbonyl (C=O) groups is 1. The second-order valence-electron chi connectivity index (χ2n) is 5.65. The van der Waals surface area contributed by atoms with Gasteiger partial charge in [-0.3, -0.25) is 4.68 Å². The lowest BCUT2D eigenvalue weighted by molar-refractivity contribution is 0.0689. The molecule has 2 aromatic rings. The van der Waals surface area contributed by atoms with Gasteiger partial charge in [-0.15, -0.1) is 0 Å². The molecule has 0 aliphatic carbocycles. The van der Waals surface area contributed by atoms with Crippen LogP contribution < -0.4 is 0 Å². The largest absolute Gasteiger partial charge is 0.476 e. The monoisotopic (exact) mass is 258 g/mol. The zero-order valence-corrected chi connectivity index (χ0v) is 11.4. The zero-order valence-electron chi connectivity index (χ0n) is 11.4. The minimum absolute atomic E-state index is 0.0753. The molecule has 4 nitrogen and oxygen atoms in total. The second kappa shape index (κ2) is 4.88. The van der Waals surface area contributed by atoms with E-state index in [0.717, 1.165) is 5.56 Å². The molecule has 0 radical (unpaired) electrons. The van der Waals surface area contributed by atoms with Crippen LogP contribution in [-0.4, -0.2) is 20.9 Å². The summed E-state index contributed by atoms with van der Waals surface area (Å²) in [6.45, 7) is 7.11. The highest BCUT2D eigenvalue weighted by Gasteiger charge is 2.13. The summed E-state index contributed by atoms with van der Waals surface area (Å²) in [5.74, 6) is -0.998. The van der Waals surface area contributed by atoms with Gasteiger partial charge in [-0.1, -0.05) is 45.0 Å². The summed E-state index contributed by atoms with van der Waals surface area (Å²) in [6, 6.07) is 9.84. The molecule has 1 aromatic carbocycles. The van der Waals surface area contributed by atoms with Gasteiger partial charge in [0.05, 0.1) is 6.54 Å². The van der Waals surface area contributed by atoms with E-state index in [9.17, 15) is 4.79 Å². The predicted octanol–water partition coefficient (Wildman–Crippen LogP) is 2.93. The Bertz CT molecular complexity index is 577. The van der Waals surface area contributed by atoms with Crippen LogP contribution in [0.15, 0.2) is 36.5 Å². The Balaban J connectivity index is 2.13. The van der Waals surface area contributed by atoms with Crippen molar-refractivity contribution < 1.29 is 9.90 Å². The van der Waals surface area contributed by atoms with Crippen molar-refractivity contribution in [2.45, 2.75) is 32.7 Å². The highest BCUT2D eigenvalue weighted by atomic mass is 16.4. The normalized spacial score (nSPS) is 11.5. The van der Waals surface area contributed by atoms with Gasteiger partial charge >= 0.3 is 5.97 Å². The Morgan fingerprint density at radius 2 is 1.84 bits per heavy atom. The van der Waals surface area contributed by atoms with E-state index in [-0.39, 0.29) is 11.1 Å². The number of hydrogen-bond acceptors (Lipinski definition) is 2. The number of nitrogens with zero attached hydrogens (tertiary/aromatic N) is 2. The number of aromatic nitrogens is 2. The lowest BCUT2D eigenvalue weighted by Gasteiger charge is -2.19. The maximum absolute atomic E-state index is 10.7.